The van der Waals surface area contributed by atoms with Crippen LogP contribution < -0.4 is 9.64 Å². The van der Waals surface area contributed by atoms with Gasteiger partial charge in [-0.15, -0.1) is 0 Å². The summed E-state index contributed by atoms with van der Waals surface area (Å²) in [6.45, 7) is 4.14. The van der Waals surface area contributed by atoms with Gasteiger partial charge in [0, 0.05) is 31.5 Å². The Kier molecular flexibility index (Phi) is 7.00. The van der Waals surface area contributed by atoms with Crippen molar-refractivity contribution >= 4 is 17.4 Å². The van der Waals surface area contributed by atoms with Crippen LogP contribution in [0.5, 0.6) is 5.75 Å². The van der Waals surface area contributed by atoms with Crippen molar-refractivity contribution in [2.45, 2.75) is 57.8 Å². The topological polar surface area (TPSA) is 49.9 Å². The number of carbonyl (C=O) groups excluding carboxylic acids is 2. The second-order valence-electron chi connectivity index (χ2n) is 10.1. The Morgan fingerprint density at radius 1 is 1.03 bits per heavy atom. The van der Waals surface area contributed by atoms with E-state index in [1.165, 1.54) is 29.5 Å². The highest BCUT2D eigenvalue weighted by atomic mass is 16.5. The van der Waals surface area contributed by atoms with Gasteiger partial charge in [0.15, 0.2) is 5.78 Å². The Morgan fingerprint density at radius 3 is 2.62 bits per heavy atom. The fraction of sp³-hybridized carbons (Fsp3) is 0.517. The largest absolute Gasteiger partial charge is 0.497 e. The SMILES string of the molecule is COc1cccc(CCN2CCC(CCC(=O)c3cc4c5c(c3)CCC(=O)N5CCC4)CC2)c1. The maximum atomic E-state index is 13.1. The van der Waals surface area contributed by atoms with Gasteiger partial charge in [0.1, 0.15) is 5.75 Å². The highest BCUT2D eigenvalue weighted by Gasteiger charge is 2.30. The Morgan fingerprint density at radius 2 is 1.82 bits per heavy atom. The lowest BCUT2D eigenvalue weighted by Gasteiger charge is -2.35. The third-order valence-corrected chi connectivity index (χ3v) is 7.93. The van der Waals surface area contributed by atoms with Crippen molar-refractivity contribution < 1.29 is 14.3 Å². The van der Waals surface area contributed by atoms with Crippen molar-refractivity contribution in [1.29, 1.82) is 0 Å². The van der Waals surface area contributed by atoms with Gasteiger partial charge in [-0.2, -0.15) is 0 Å². The molecule has 0 aromatic heterocycles. The van der Waals surface area contributed by atoms with E-state index in [-0.39, 0.29) is 11.7 Å². The number of amides is 1. The Balaban J connectivity index is 1.11. The molecule has 0 aliphatic carbocycles. The van der Waals surface area contributed by atoms with E-state index in [0.29, 0.717) is 18.8 Å². The summed E-state index contributed by atoms with van der Waals surface area (Å²) in [5.41, 5.74) is 5.69. The molecule has 0 spiro atoms. The van der Waals surface area contributed by atoms with E-state index in [0.717, 1.165) is 75.3 Å². The van der Waals surface area contributed by atoms with Crippen molar-refractivity contribution in [1.82, 2.24) is 4.90 Å². The first kappa shape index (κ1) is 23.1. The lowest BCUT2D eigenvalue weighted by atomic mass is 9.87. The molecule has 3 heterocycles. The average molecular weight is 461 g/mol. The smallest absolute Gasteiger partial charge is 0.227 e. The number of carbonyl (C=O) groups is 2. The summed E-state index contributed by atoms with van der Waals surface area (Å²) < 4.78 is 5.33. The number of nitrogens with zero attached hydrogens (tertiary/aromatic N) is 2. The summed E-state index contributed by atoms with van der Waals surface area (Å²) in [5, 5.41) is 0. The van der Waals surface area contributed by atoms with E-state index in [4.69, 9.17) is 4.74 Å². The first-order valence-electron chi connectivity index (χ1n) is 13.0. The first-order valence-corrected chi connectivity index (χ1v) is 13.0. The third-order valence-electron chi connectivity index (χ3n) is 7.93. The number of aryl methyl sites for hydroxylation is 2. The first-order chi connectivity index (χ1) is 16.6. The molecule has 2 aromatic carbocycles. The highest BCUT2D eigenvalue weighted by molar-refractivity contribution is 6.01. The number of piperidine rings is 1. The van der Waals surface area contributed by atoms with Gasteiger partial charge in [-0.25, -0.2) is 0 Å². The number of likely N-dealkylation sites (tertiary alicyclic amines) is 1. The lowest BCUT2D eigenvalue weighted by molar-refractivity contribution is -0.119. The molecular weight excluding hydrogens is 424 g/mol. The van der Waals surface area contributed by atoms with Crippen LogP contribution in [0.2, 0.25) is 0 Å². The van der Waals surface area contributed by atoms with Crippen molar-refractivity contribution in [3.05, 3.63) is 58.7 Å². The zero-order valence-corrected chi connectivity index (χ0v) is 20.4. The average Bonchev–Trinajstić information content (AvgIpc) is 2.88. The minimum Gasteiger partial charge on any atom is -0.497 e. The van der Waals surface area contributed by atoms with Crippen molar-refractivity contribution in [3.63, 3.8) is 0 Å². The molecule has 1 fully saturated rings. The zero-order chi connectivity index (χ0) is 23.5. The van der Waals surface area contributed by atoms with E-state index >= 15 is 0 Å². The van der Waals surface area contributed by atoms with Crippen LogP contribution in [0.15, 0.2) is 36.4 Å². The van der Waals surface area contributed by atoms with Gasteiger partial charge in [0.05, 0.1) is 12.8 Å². The predicted molar refractivity (Wildman–Crippen MR) is 135 cm³/mol. The second-order valence-corrected chi connectivity index (χ2v) is 10.1. The van der Waals surface area contributed by atoms with E-state index < -0.39 is 0 Å². The molecule has 5 heteroatoms. The molecule has 2 aromatic rings. The van der Waals surface area contributed by atoms with Gasteiger partial charge >= 0.3 is 0 Å². The molecule has 0 atom stereocenters. The quantitative estimate of drug-likeness (QED) is 0.529. The minimum atomic E-state index is 0.238. The summed E-state index contributed by atoms with van der Waals surface area (Å²) in [7, 11) is 1.71. The molecule has 5 rings (SSSR count). The summed E-state index contributed by atoms with van der Waals surface area (Å²) in [6.07, 6.45) is 8.33. The van der Waals surface area contributed by atoms with Crippen molar-refractivity contribution in [2.24, 2.45) is 5.92 Å². The molecule has 0 N–H and O–H groups in total. The number of ether oxygens (including phenoxy) is 1. The number of hydrogen-bond acceptors (Lipinski definition) is 4. The number of hydrogen-bond donors (Lipinski definition) is 0. The zero-order valence-electron chi connectivity index (χ0n) is 20.4. The number of anilines is 1. The summed E-state index contributed by atoms with van der Waals surface area (Å²) in [5.74, 6) is 2.08. The van der Waals surface area contributed by atoms with Gasteiger partial charge in [-0.3, -0.25) is 9.59 Å². The summed E-state index contributed by atoms with van der Waals surface area (Å²) in [4.78, 5) is 29.9. The number of Topliss-reactive ketones (excluding diaryl/α,β-unsaturated/α-hetero) is 1. The van der Waals surface area contributed by atoms with E-state index in [1.54, 1.807) is 7.11 Å². The van der Waals surface area contributed by atoms with Gasteiger partial charge in [0.25, 0.3) is 0 Å². The van der Waals surface area contributed by atoms with Crippen LogP contribution in [0.25, 0.3) is 0 Å². The molecule has 0 saturated carbocycles. The summed E-state index contributed by atoms with van der Waals surface area (Å²) in [6, 6.07) is 12.5. The Labute approximate surface area is 203 Å². The van der Waals surface area contributed by atoms with E-state index in [2.05, 4.69) is 35.2 Å². The molecule has 0 unspecified atom stereocenters. The maximum absolute atomic E-state index is 13.1. The minimum absolute atomic E-state index is 0.238. The molecule has 5 nitrogen and oxygen atoms in total. The summed E-state index contributed by atoms with van der Waals surface area (Å²) >= 11 is 0. The van der Waals surface area contributed by atoms with Crippen LogP contribution in [0.4, 0.5) is 5.69 Å². The maximum Gasteiger partial charge on any atom is 0.227 e. The lowest BCUT2D eigenvalue weighted by Crippen LogP contribution is -2.39. The van der Waals surface area contributed by atoms with Crippen LogP contribution in [0.3, 0.4) is 0 Å². The molecule has 1 amide bonds. The molecule has 3 aliphatic rings. The molecule has 180 valence electrons. The number of benzene rings is 2. The van der Waals surface area contributed by atoms with E-state index in [9.17, 15) is 9.59 Å². The Hall–Kier alpha value is -2.66. The van der Waals surface area contributed by atoms with Gasteiger partial charge in [-0.05, 0) is 105 Å². The molecule has 0 bridgehead atoms. The highest BCUT2D eigenvalue weighted by Crippen LogP contribution is 2.37. The van der Waals surface area contributed by atoms with Crippen LogP contribution in [0.1, 0.15) is 65.6 Å². The van der Waals surface area contributed by atoms with Crippen molar-refractivity contribution in [2.75, 3.05) is 38.2 Å². The third kappa shape index (κ3) is 5.05. The van der Waals surface area contributed by atoms with Gasteiger partial charge < -0.3 is 14.5 Å². The van der Waals surface area contributed by atoms with Gasteiger partial charge in [-0.1, -0.05) is 12.1 Å². The predicted octanol–water partition coefficient (Wildman–Crippen LogP) is 4.84. The number of methoxy groups -OCH3 is 1. The second kappa shape index (κ2) is 10.3. The fourth-order valence-electron chi connectivity index (χ4n) is 5.91. The molecule has 0 radical (unpaired) electrons. The van der Waals surface area contributed by atoms with Crippen molar-refractivity contribution in [3.8, 4) is 5.75 Å². The standard InChI is InChI=1S/C29H36N2O3/c1-34-26-6-2-4-22(18-26)13-17-30-15-11-21(12-16-30)7-9-27(32)25-19-23-5-3-14-31-28(33)10-8-24(20-25)29(23)31/h2,4,6,18-21H,3,5,7-17H2,1H3. The van der Waals surface area contributed by atoms with Crippen LogP contribution in [0, 0.1) is 5.92 Å². The monoisotopic (exact) mass is 460 g/mol. The van der Waals surface area contributed by atoms with Gasteiger partial charge in [0.2, 0.25) is 5.91 Å². The van der Waals surface area contributed by atoms with Crippen LogP contribution in [-0.4, -0.2) is 49.9 Å². The molecule has 34 heavy (non-hydrogen) atoms. The van der Waals surface area contributed by atoms with Crippen LogP contribution in [-0.2, 0) is 24.1 Å². The number of rotatable bonds is 8. The Bertz CT molecular complexity index is 1040. The molecule has 1 saturated heterocycles. The molecule has 3 aliphatic heterocycles. The number of ketones is 1. The van der Waals surface area contributed by atoms with Crippen LogP contribution >= 0.6 is 0 Å². The normalized spacial score (nSPS) is 18.6. The van der Waals surface area contributed by atoms with E-state index in [1.807, 2.05) is 11.0 Å². The molecular formula is C29H36N2O3. The fourth-order valence-corrected chi connectivity index (χ4v) is 5.91.